The van der Waals surface area contributed by atoms with Gasteiger partial charge in [-0.25, -0.2) is 0 Å². The summed E-state index contributed by atoms with van der Waals surface area (Å²) in [5.41, 5.74) is 6.30. The Morgan fingerprint density at radius 3 is 2.19 bits per heavy atom. The van der Waals surface area contributed by atoms with Gasteiger partial charge >= 0.3 is 0 Å². The Labute approximate surface area is 159 Å². The fourth-order valence-corrected chi connectivity index (χ4v) is 4.30. The first kappa shape index (κ1) is 18.5. The van der Waals surface area contributed by atoms with Crippen LogP contribution < -0.4 is 16.4 Å². The van der Waals surface area contributed by atoms with E-state index in [2.05, 4.69) is 15.8 Å². The summed E-state index contributed by atoms with van der Waals surface area (Å²) in [5.74, 6) is 1.43. The molecular weight excluding hydrogens is 344 g/mol. The molecule has 0 aliphatic heterocycles. The van der Waals surface area contributed by atoms with Gasteiger partial charge in [0.2, 0.25) is 5.91 Å². The molecule has 1 aromatic rings. The molecule has 148 valence electrons. The highest BCUT2D eigenvalue weighted by Crippen LogP contribution is 2.40. The topological polar surface area (TPSA) is 110 Å². The van der Waals surface area contributed by atoms with E-state index in [-0.39, 0.29) is 35.9 Å². The first-order valence-electron chi connectivity index (χ1n) is 10.4. The fourth-order valence-electron chi connectivity index (χ4n) is 4.30. The first-order chi connectivity index (χ1) is 13.1. The smallest absolute Gasteiger partial charge is 0.273 e. The van der Waals surface area contributed by atoms with Gasteiger partial charge < -0.3 is 20.9 Å². The Morgan fingerprint density at radius 1 is 0.926 bits per heavy atom. The number of hydrogen-bond acceptors (Lipinski definition) is 5. The second kappa shape index (κ2) is 8.00. The molecule has 3 saturated carbocycles. The van der Waals surface area contributed by atoms with Gasteiger partial charge in [0.1, 0.15) is 5.76 Å². The largest absolute Gasteiger partial charge is 0.360 e. The third kappa shape index (κ3) is 4.69. The zero-order valence-corrected chi connectivity index (χ0v) is 15.8. The molecule has 3 aliphatic rings. The second-order valence-corrected chi connectivity index (χ2v) is 8.53. The highest BCUT2D eigenvalue weighted by Gasteiger charge is 2.31. The van der Waals surface area contributed by atoms with Crippen molar-refractivity contribution < 1.29 is 14.1 Å². The van der Waals surface area contributed by atoms with Crippen LogP contribution in [0.25, 0.3) is 0 Å². The van der Waals surface area contributed by atoms with Crippen LogP contribution in [0.3, 0.4) is 0 Å². The van der Waals surface area contributed by atoms with Gasteiger partial charge in [0, 0.05) is 36.0 Å². The Bertz CT molecular complexity index is 669. The standard InChI is InChI=1S/C20H30N4O3/c21-14-5-3-13(4-6-14)19(25)22-15-7-9-16(10-8-15)23-20(26)17-11-18(27-24-17)12-1-2-12/h11-16H,1-10,21H2,(H,22,25)(H,23,26)/t13-,14-,15-,16-. The van der Waals surface area contributed by atoms with Crippen LogP contribution in [0.5, 0.6) is 0 Å². The van der Waals surface area contributed by atoms with Crippen LogP contribution in [0.4, 0.5) is 0 Å². The molecule has 0 bridgehead atoms. The van der Waals surface area contributed by atoms with Crippen molar-refractivity contribution in [3.05, 3.63) is 17.5 Å². The van der Waals surface area contributed by atoms with Gasteiger partial charge in [-0.2, -0.15) is 0 Å². The summed E-state index contributed by atoms with van der Waals surface area (Å²) in [5, 5.41) is 10.2. The minimum atomic E-state index is -0.156. The third-order valence-electron chi connectivity index (χ3n) is 6.29. The van der Waals surface area contributed by atoms with Gasteiger partial charge in [-0.05, 0) is 64.2 Å². The molecule has 7 nitrogen and oxygen atoms in total. The van der Waals surface area contributed by atoms with Crippen molar-refractivity contribution in [1.29, 1.82) is 0 Å². The predicted molar refractivity (Wildman–Crippen MR) is 100 cm³/mol. The van der Waals surface area contributed by atoms with Gasteiger partial charge in [-0.3, -0.25) is 9.59 Å². The first-order valence-corrected chi connectivity index (χ1v) is 10.4. The fraction of sp³-hybridized carbons (Fsp3) is 0.750. The molecule has 4 rings (SSSR count). The summed E-state index contributed by atoms with van der Waals surface area (Å²) in [6.07, 6.45) is 9.49. The highest BCUT2D eigenvalue weighted by atomic mass is 16.5. The molecule has 3 aliphatic carbocycles. The summed E-state index contributed by atoms with van der Waals surface area (Å²) in [7, 11) is 0. The molecule has 2 amide bonds. The maximum atomic E-state index is 12.4. The summed E-state index contributed by atoms with van der Waals surface area (Å²) < 4.78 is 5.26. The highest BCUT2D eigenvalue weighted by molar-refractivity contribution is 5.92. The minimum Gasteiger partial charge on any atom is -0.360 e. The molecule has 1 heterocycles. The molecule has 4 N–H and O–H groups in total. The Balaban J connectivity index is 1.19. The average Bonchev–Trinajstić information content (AvgIpc) is 3.40. The quantitative estimate of drug-likeness (QED) is 0.732. The van der Waals surface area contributed by atoms with Crippen LogP contribution in [0, 0.1) is 5.92 Å². The van der Waals surface area contributed by atoms with Crippen molar-refractivity contribution >= 4 is 11.8 Å². The van der Waals surface area contributed by atoms with Gasteiger partial charge in [0.25, 0.3) is 5.91 Å². The monoisotopic (exact) mass is 374 g/mol. The molecule has 0 aromatic carbocycles. The number of aromatic nitrogens is 1. The van der Waals surface area contributed by atoms with E-state index in [0.29, 0.717) is 11.6 Å². The SMILES string of the molecule is N[C@H]1CC[C@H](C(=O)N[C@H]2CC[C@H](NC(=O)c3cc(C4CC4)on3)CC2)CC1. The number of nitrogens with one attached hydrogen (secondary N) is 2. The number of carbonyl (C=O) groups is 2. The molecule has 0 spiro atoms. The van der Waals surface area contributed by atoms with Crippen LogP contribution in [-0.4, -0.2) is 35.1 Å². The maximum absolute atomic E-state index is 12.4. The Hall–Kier alpha value is -1.89. The number of nitrogens with two attached hydrogens (primary N) is 1. The summed E-state index contributed by atoms with van der Waals surface area (Å²) in [4.78, 5) is 24.8. The van der Waals surface area contributed by atoms with Crippen LogP contribution in [0.15, 0.2) is 10.6 Å². The normalized spacial score (nSPS) is 31.3. The lowest BCUT2D eigenvalue weighted by atomic mass is 9.85. The number of nitrogens with zero attached hydrogens (tertiary/aromatic N) is 1. The van der Waals surface area contributed by atoms with E-state index in [1.165, 1.54) is 0 Å². The zero-order valence-electron chi connectivity index (χ0n) is 15.8. The van der Waals surface area contributed by atoms with Crippen LogP contribution >= 0.6 is 0 Å². The van der Waals surface area contributed by atoms with Gasteiger partial charge in [0.15, 0.2) is 5.69 Å². The van der Waals surface area contributed by atoms with Crippen LogP contribution in [0.1, 0.15) is 86.4 Å². The lowest BCUT2D eigenvalue weighted by Crippen LogP contribution is -2.46. The number of amides is 2. The van der Waals surface area contributed by atoms with Crippen molar-refractivity contribution in [3.8, 4) is 0 Å². The molecule has 1 aromatic heterocycles. The van der Waals surface area contributed by atoms with Crippen LogP contribution in [0.2, 0.25) is 0 Å². The minimum absolute atomic E-state index is 0.120. The zero-order chi connectivity index (χ0) is 18.8. The van der Waals surface area contributed by atoms with Crippen molar-refractivity contribution in [2.24, 2.45) is 11.7 Å². The van der Waals surface area contributed by atoms with Gasteiger partial charge in [0.05, 0.1) is 0 Å². The molecule has 3 fully saturated rings. The molecule has 0 radical (unpaired) electrons. The second-order valence-electron chi connectivity index (χ2n) is 8.53. The molecule has 0 atom stereocenters. The number of carbonyl (C=O) groups excluding carboxylic acids is 2. The van der Waals surface area contributed by atoms with E-state index in [9.17, 15) is 9.59 Å². The van der Waals surface area contributed by atoms with Crippen LogP contribution in [-0.2, 0) is 4.79 Å². The third-order valence-corrected chi connectivity index (χ3v) is 6.29. The van der Waals surface area contributed by atoms with E-state index in [1.807, 2.05) is 0 Å². The van der Waals surface area contributed by atoms with E-state index in [4.69, 9.17) is 10.3 Å². The van der Waals surface area contributed by atoms with Crippen molar-refractivity contribution in [1.82, 2.24) is 15.8 Å². The van der Waals surface area contributed by atoms with Gasteiger partial charge in [-0.15, -0.1) is 0 Å². The Morgan fingerprint density at radius 2 is 1.56 bits per heavy atom. The number of rotatable bonds is 5. The summed E-state index contributed by atoms with van der Waals surface area (Å²) in [6.45, 7) is 0. The van der Waals surface area contributed by atoms with Crippen molar-refractivity contribution in [2.75, 3.05) is 0 Å². The van der Waals surface area contributed by atoms with Gasteiger partial charge in [-0.1, -0.05) is 5.16 Å². The predicted octanol–water partition coefficient (Wildman–Crippen LogP) is 2.23. The summed E-state index contributed by atoms with van der Waals surface area (Å²) >= 11 is 0. The van der Waals surface area contributed by atoms with E-state index in [1.54, 1.807) is 6.07 Å². The van der Waals surface area contributed by atoms with E-state index in [0.717, 1.165) is 70.0 Å². The molecule has 0 unspecified atom stereocenters. The lowest BCUT2D eigenvalue weighted by molar-refractivity contribution is -0.127. The molecule has 0 saturated heterocycles. The molecule has 7 heteroatoms. The van der Waals surface area contributed by atoms with E-state index >= 15 is 0 Å². The molecule has 27 heavy (non-hydrogen) atoms. The lowest BCUT2D eigenvalue weighted by Gasteiger charge is -2.32. The van der Waals surface area contributed by atoms with E-state index < -0.39 is 0 Å². The number of hydrogen-bond donors (Lipinski definition) is 3. The molecular formula is C20H30N4O3. The average molecular weight is 374 g/mol. The van der Waals surface area contributed by atoms with Crippen molar-refractivity contribution in [2.45, 2.75) is 88.3 Å². The Kier molecular flexibility index (Phi) is 5.48. The summed E-state index contributed by atoms with van der Waals surface area (Å²) in [6, 6.07) is 2.39. The van der Waals surface area contributed by atoms with Crippen molar-refractivity contribution in [3.63, 3.8) is 0 Å². The maximum Gasteiger partial charge on any atom is 0.273 e.